The van der Waals surface area contributed by atoms with Crippen LogP contribution in [0.5, 0.6) is 0 Å². The lowest BCUT2D eigenvalue weighted by atomic mass is 9.88. The number of likely N-dealkylation sites (tertiary alicyclic amines) is 1. The molecule has 1 unspecified atom stereocenters. The Kier molecular flexibility index (Phi) is 6.04. The van der Waals surface area contributed by atoms with Crippen LogP contribution in [0, 0.1) is 0 Å². The molecule has 2 aliphatic rings. The molecule has 4 rings (SSSR count). The lowest BCUT2D eigenvalue weighted by Crippen LogP contribution is -2.58. The Balaban J connectivity index is 1.39. The van der Waals surface area contributed by atoms with Crippen LogP contribution in [0.15, 0.2) is 54.6 Å². The van der Waals surface area contributed by atoms with E-state index in [1.54, 1.807) is 0 Å². The number of amides is 4. The second-order valence-electron chi connectivity index (χ2n) is 8.30. The number of carbonyl (C=O) groups is 3. The molecule has 2 aromatic rings. The molecule has 2 heterocycles. The third-order valence-corrected chi connectivity index (χ3v) is 6.01. The van der Waals surface area contributed by atoms with Crippen molar-refractivity contribution < 1.29 is 14.4 Å². The highest BCUT2D eigenvalue weighted by Crippen LogP contribution is 2.29. The number of nitrogens with one attached hydrogen (secondary N) is 2. The van der Waals surface area contributed by atoms with Gasteiger partial charge < -0.3 is 10.6 Å². The first-order valence-electron chi connectivity index (χ1n) is 10.8. The quantitative estimate of drug-likeness (QED) is 0.704. The number of aryl methyl sites for hydroxylation is 1. The van der Waals surface area contributed by atoms with Crippen molar-refractivity contribution in [3.63, 3.8) is 0 Å². The summed E-state index contributed by atoms with van der Waals surface area (Å²) in [6, 6.07) is 17.1. The average molecular weight is 421 g/mol. The number of carbonyl (C=O) groups excluding carboxylic acids is 3. The molecule has 7 nitrogen and oxygen atoms in total. The van der Waals surface area contributed by atoms with Crippen LogP contribution in [-0.2, 0) is 22.6 Å². The van der Waals surface area contributed by atoms with E-state index in [-0.39, 0.29) is 18.4 Å². The fourth-order valence-corrected chi connectivity index (χ4v) is 4.39. The molecule has 2 aliphatic heterocycles. The number of benzene rings is 2. The molecule has 0 saturated carbocycles. The van der Waals surface area contributed by atoms with Gasteiger partial charge in [-0.25, -0.2) is 4.79 Å². The fourth-order valence-electron chi connectivity index (χ4n) is 4.39. The van der Waals surface area contributed by atoms with Crippen LogP contribution in [0.1, 0.15) is 30.9 Å². The van der Waals surface area contributed by atoms with Gasteiger partial charge in [-0.3, -0.25) is 19.4 Å². The van der Waals surface area contributed by atoms with Crippen LogP contribution in [0.2, 0.25) is 0 Å². The van der Waals surface area contributed by atoms with Crippen LogP contribution >= 0.6 is 0 Å². The van der Waals surface area contributed by atoms with E-state index >= 15 is 0 Å². The van der Waals surface area contributed by atoms with Crippen molar-refractivity contribution in [1.82, 2.24) is 15.1 Å². The largest absolute Gasteiger partial charge is 0.325 e. The molecule has 2 saturated heterocycles. The maximum Gasteiger partial charge on any atom is 0.325 e. The zero-order valence-corrected chi connectivity index (χ0v) is 17.8. The van der Waals surface area contributed by atoms with E-state index in [1.165, 1.54) is 11.1 Å². The number of urea groups is 1. The van der Waals surface area contributed by atoms with Crippen molar-refractivity contribution in [2.75, 3.05) is 25.0 Å². The molecule has 7 heteroatoms. The first-order valence-corrected chi connectivity index (χ1v) is 10.8. The summed E-state index contributed by atoms with van der Waals surface area (Å²) in [4.78, 5) is 41.5. The minimum atomic E-state index is -0.951. The summed E-state index contributed by atoms with van der Waals surface area (Å²) in [6.07, 6.45) is 2.31. The van der Waals surface area contributed by atoms with E-state index in [1.807, 2.05) is 42.5 Å². The van der Waals surface area contributed by atoms with Gasteiger partial charge in [0, 0.05) is 18.8 Å². The molecular weight excluding hydrogens is 392 g/mol. The molecule has 0 aromatic heterocycles. The van der Waals surface area contributed by atoms with Crippen LogP contribution in [-0.4, -0.2) is 52.8 Å². The van der Waals surface area contributed by atoms with Crippen molar-refractivity contribution in [2.45, 2.75) is 38.3 Å². The third kappa shape index (κ3) is 4.61. The van der Waals surface area contributed by atoms with Crippen LogP contribution in [0.3, 0.4) is 0 Å². The van der Waals surface area contributed by atoms with Gasteiger partial charge in [-0.2, -0.15) is 0 Å². The molecule has 4 amide bonds. The highest BCUT2D eigenvalue weighted by atomic mass is 16.2. The predicted molar refractivity (Wildman–Crippen MR) is 118 cm³/mol. The number of hydrogen-bond acceptors (Lipinski definition) is 4. The summed E-state index contributed by atoms with van der Waals surface area (Å²) in [5.41, 5.74) is 2.04. The number of anilines is 1. The van der Waals surface area contributed by atoms with E-state index in [2.05, 4.69) is 34.6 Å². The first kappa shape index (κ1) is 21.1. The number of piperidine rings is 1. The molecular formula is C24H28N4O3. The van der Waals surface area contributed by atoms with Crippen LogP contribution in [0.4, 0.5) is 10.5 Å². The maximum absolute atomic E-state index is 13.2. The molecule has 0 bridgehead atoms. The Morgan fingerprint density at radius 3 is 2.52 bits per heavy atom. The van der Waals surface area contributed by atoms with Crippen molar-refractivity contribution in [3.05, 3.63) is 65.7 Å². The van der Waals surface area contributed by atoms with Crippen molar-refractivity contribution in [1.29, 1.82) is 0 Å². The average Bonchev–Trinajstić information content (AvgIpc) is 2.98. The Bertz CT molecular complexity index is 961. The van der Waals surface area contributed by atoms with Gasteiger partial charge in [0.25, 0.3) is 5.91 Å². The van der Waals surface area contributed by atoms with E-state index in [0.29, 0.717) is 18.7 Å². The summed E-state index contributed by atoms with van der Waals surface area (Å²) < 4.78 is 0. The summed E-state index contributed by atoms with van der Waals surface area (Å²) in [6.45, 7) is 3.81. The standard InChI is InChI=1S/C24H28N4O3/c1-2-18-9-11-20(12-10-18)25-21(29)16-28-22(30)24(26-23(28)31)13-6-14-27(17-24)15-19-7-4-3-5-8-19/h3-5,7-12H,2,6,13-17H2,1H3,(H,25,29)(H,26,31). The van der Waals surface area contributed by atoms with Crippen LogP contribution < -0.4 is 10.6 Å². The Hall–Kier alpha value is -3.19. The molecule has 31 heavy (non-hydrogen) atoms. The second-order valence-corrected chi connectivity index (χ2v) is 8.30. The number of imide groups is 1. The van der Waals surface area contributed by atoms with Gasteiger partial charge in [0.1, 0.15) is 12.1 Å². The van der Waals surface area contributed by atoms with Gasteiger partial charge >= 0.3 is 6.03 Å². The van der Waals surface area contributed by atoms with Gasteiger partial charge in [0.15, 0.2) is 0 Å². The molecule has 1 atom stereocenters. The van der Waals surface area contributed by atoms with Crippen LogP contribution in [0.25, 0.3) is 0 Å². The van der Waals surface area contributed by atoms with Gasteiger partial charge in [-0.05, 0) is 49.1 Å². The third-order valence-electron chi connectivity index (χ3n) is 6.01. The van der Waals surface area contributed by atoms with E-state index in [0.717, 1.165) is 30.8 Å². The topological polar surface area (TPSA) is 81.8 Å². The minimum Gasteiger partial charge on any atom is -0.325 e. The van der Waals surface area contributed by atoms with Crippen molar-refractivity contribution >= 4 is 23.5 Å². The molecule has 2 fully saturated rings. The molecule has 2 N–H and O–H groups in total. The van der Waals surface area contributed by atoms with Gasteiger partial charge in [-0.15, -0.1) is 0 Å². The van der Waals surface area contributed by atoms with Crippen molar-refractivity contribution in [2.24, 2.45) is 0 Å². The molecule has 0 aliphatic carbocycles. The van der Waals surface area contributed by atoms with Gasteiger partial charge in [-0.1, -0.05) is 49.4 Å². The SMILES string of the molecule is CCc1ccc(NC(=O)CN2C(=O)NC3(CCCN(Cc4ccccc4)C3)C2=O)cc1. The Labute approximate surface area is 182 Å². The second kappa shape index (κ2) is 8.89. The van der Waals surface area contributed by atoms with E-state index in [4.69, 9.17) is 0 Å². The Morgan fingerprint density at radius 1 is 1.06 bits per heavy atom. The normalized spacial score (nSPS) is 21.4. The minimum absolute atomic E-state index is 0.291. The highest BCUT2D eigenvalue weighted by molar-refractivity contribution is 6.10. The smallest absolute Gasteiger partial charge is 0.325 e. The van der Waals surface area contributed by atoms with E-state index < -0.39 is 11.6 Å². The summed E-state index contributed by atoms with van der Waals surface area (Å²) in [7, 11) is 0. The number of hydrogen-bond donors (Lipinski definition) is 2. The monoisotopic (exact) mass is 420 g/mol. The zero-order chi connectivity index (χ0) is 21.8. The highest BCUT2D eigenvalue weighted by Gasteiger charge is 2.53. The Morgan fingerprint density at radius 2 is 1.81 bits per heavy atom. The summed E-state index contributed by atoms with van der Waals surface area (Å²) >= 11 is 0. The summed E-state index contributed by atoms with van der Waals surface area (Å²) in [5.74, 6) is -0.700. The molecule has 1 spiro atoms. The van der Waals surface area contributed by atoms with Gasteiger partial charge in [0.2, 0.25) is 5.91 Å². The zero-order valence-electron chi connectivity index (χ0n) is 17.8. The lowest BCUT2D eigenvalue weighted by Gasteiger charge is -2.38. The fraction of sp³-hybridized carbons (Fsp3) is 0.375. The van der Waals surface area contributed by atoms with E-state index in [9.17, 15) is 14.4 Å². The van der Waals surface area contributed by atoms with Gasteiger partial charge in [0.05, 0.1) is 0 Å². The maximum atomic E-state index is 13.2. The molecule has 0 radical (unpaired) electrons. The summed E-state index contributed by atoms with van der Waals surface area (Å²) in [5, 5.41) is 5.66. The molecule has 162 valence electrons. The van der Waals surface area contributed by atoms with Crippen molar-refractivity contribution in [3.8, 4) is 0 Å². The first-order chi connectivity index (χ1) is 15.0. The number of nitrogens with zero attached hydrogens (tertiary/aromatic N) is 2. The predicted octanol–water partition coefficient (Wildman–Crippen LogP) is 2.77. The number of rotatable bonds is 6. The lowest BCUT2D eigenvalue weighted by molar-refractivity contribution is -0.135. The molecule has 2 aromatic carbocycles.